The van der Waals surface area contributed by atoms with Crippen LogP contribution in [0.2, 0.25) is 0 Å². The number of amides is 1. The van der Waals surface area contributed by atoms with Crippen LogP contribution in [0.25, 0.3) is 0 Å². The standard InChI is InChI=1S/C20H20N4O3/c25-20(10-17-5-6-18-19(9-17)27-8-7-26-18)22-11-15-1-3-16(4-2-15)12-24-14-21-13-23-24/h1-6,9,13-14H,7-8,10-12H2,(H,22,25). The Morgan fingerprint density at radius 1 is 1.00 bits per heavy atom. The fourth-order valence-electron chi connectivity index (χ4n) is 2.91. The molecule has 0 fully saturated rings. The minimum Gasteiger partial charge on any atom is -0.486 e. The van der Waals surface area contributed by atoms with Gasteiger partial charge in [-0.2, -0.15) is 5.10 Å². The molecule has 0 bridgehead atoms. The van der Waals surface area contributed by atoms with Gasteiger partial charge in [0.1, 0.15) is 25.9 Å². The van der Waals surface area contributed by atoms with Crippen LogP contribution in [0.4, 0.5) is 0 Å². The van der Waals surface area contributed by atoms with E-state index >= 15 is 0 Å². The largest absolute Gasteiger partial charge is 0.486 e. The Bertz CT molecular complexity index is 907. The Hall–Kier alpha value is -3.35. The highest BCUT2D eigenvalue weighted by molar-refractivity contribution is 5.78. The highest BCUT2D eigenvalue weighted by Crippen LogP contribution is 2.30. The SMILES string of the molecule is O=C(Cc1ccc2c(c1)OCCO2)NCc1ccc(Cn2cncn2)cc1. The van der Waals surface area contributed by atoms with Crippen molar-refractivity contribution in [3.05, 3.63) is 71.8 Å². The summed E-state index contributed by atoms with van der Waals surface area (Å²) in [5.41, 5.74) is 3.08. The molecule has 1 amide bonds. The van der Waals surface area contributed by atoms with Gasteiger partial charge in [-0.15, -0.1) is 0 Å². The Kier molecular flexibility index (Phi) is 5.00. The van der Waals surface area contributed by atoms with Gasteiger partial charge in [0.05, 0.1) is 13.0 Å². The van der Waals surface area contributed by atoms with E-state index in [4.69, 9.17) is 9.47 Å². The summed E-state index contributed by atoms with van der Waals surface area (Å²) >= 11 is 0. The molecule has 7 heteroatoms. The van der Waals surface area contributed by atoms with Gasteiger partial charge in [-0.25, -0.2) is 9.67 Å². The third-order valence-corrected chi connectivity index (χ3v) is 4.30. The van der Waals surface area contributed by atoms with Gasteiger partial charge in [0.25, 0.3) is 0 Å². The number of aromatic nitrogens is 3. The van der Waals surface area contributed by atoms with E-state index in [1.165, 1.54) is 6.33 Å². The molecule has 0 saturated carbocycles. The number of nitrogens with zero attached hydrogens (tertiary/aromatic N) is 3. The molecule has 3 aromatic rings. The van der Waals surface area contributed by atoms with Gasteiger partial charge in [0, 0.05) is 6.54 Å². The number of hydrogen-bond acceptors (Lipinski definition) is 5. The van der Waals surface area contributed by atoms with Crippen LogP contribution in [-0.4, -0.2) is 33.9 Å². The van der Waals surface area contributed by atoms with E-state index in [1.54, 1.807) is 11.0 Å². The van der Waals surface area contributed by atoms with E-state index < -0.39 is 0 Å². The zero-order valence-corrected chi connectivity index (χ0v) is 14.8. The Labute approximate surface area is 156 Å². The van der Waals surface area contributed by atoms with Crippen molar-refractivity contribution in [3.8, 4) is 11.5 Å². The number of nitrogens with one attached hydrogen (secondary N) is 1. The number of carbonyl (C=O) groups is 1. The molecule has 2 heterocycles. The lowest BCUT2D eigenvalue weighted by molar-refractivity contribution is -0.120. The molecular weight excluding hydrogens is 344 g/mol. The van der Waals surface area contributed by atoms with E-state index in [-0.39, 0.29) is 5.91 Å². The lowest BCUT2D eigenvalue weighted by Crippen LogP contribution is -2.24. The first-order chi connectivity index (χ1) is 13.3. The quantitative estimate of drug-likeness (QED) is 0.723. The average molecular weight is 364 g/mol. The van der Waals surface area contributed by atoms with Crippen molar-refractivity contribution < 1.29 is 14.3 Å². The van der Waals surface area contributed by atoms with Crippen LogP contribution in [0, 0.1) is 0 Å². The number of carbonyl (C=O) groups excluding carboxylic acids is 1. The van der Waals surface area contributed by atoms with E-state index in [2.05, 4.69) is 15.4 Å². The van der Waals surface area contributed by atoms with Crippen LogP contribution in [0.5, 0.6) is 11.5 Å². The van der Waals surface area contributed by atoms with Gasteiger partial charge < -0.3 is 14.8 Å². The zero-order chi connectivity index (χ0) is 18.5. The lowest BCUT2D eigenvalue weighted by atomic mass is 10.1. The van der Waals surface area contributed by atoms with Crippen LogP contribution >= 0.6 is 0 Å². The molecule has 1 N–H and O–H groups in total. The van der Waals surface area contributed by atoms with Crippen LogP contribution in [0.3, 0.4) is 0 Å². The third-order valence-electron chi connectivity index (χ3n) is 4.30. The maximum Gasteiger partial charge on any atom is 0.224 e. The summed E-state index contributed by atoms with van der Waals surface area (Å²) in [4.78, 5) is 16.2. The first kappa shape index (κ1) is 17.1. The maximum atomic E-state index is 12.2. The predicted molar refractivity (Wildman–Crippen MR) is 98.5 cm³/mol. The number of ether oxygens (including phenoxy) is 2. The minimum absolute atomic E-state index is 0.0293. The van der Waals surface area contributed by atoms with Gasteiger partial charge in [-0.3, -0.25) is 4.79 Å². The molecule has 0 atom stereocenters. The van der Waals surface area contributed by atoms with Crippen LogP contribution in [0.1, 0.15) is 16.7 Å². The summed E-state index contributed by atoms with van der Waals surface area (Å²) in [5.74, 6) is 1.41. The van der Waals surface area contributed by atoms with Gasteiger partial charge in [-0.05, 0) is 28.8 Å². The van der Waals surface area contributed by atoms with Crippen molar-refractivity contribution in [2.24, 2.45) is 0 Å². The van der Waals surface area contributed by atoms with Crippen molar-refractivity contribution in [1.29, 1.82) is 0 Å². The zero-order valence-electron chi connectivity index (χ0n) is 14.8. The molecule has 138 valence electrons. The van der Waals surface area contributed by atoms with Crippen molar-refractivity contribution in [2.45, 2.75) is 19.5 Å². The van der Waals surface area contributed by atoms with E-state index in [1.807, 2.05) is 42.5 Å². The van der Waals surface area contributed by atoms with Gasteiger partial charge in [0.15, 0.2) is 11.5 Å². The molecule has 1 aliphatic heterocycles. The van der Waals surface area contributed by atoms with E-state index in [0.29, 0.717) is 38.5 Å². The van der Waals surface area contributed by atoms with Crippen LogP contribution in [0.15, 0.2) is 55.1 Å². The molecule has 4 rings (SSSR count). The van der Waals surface area contributed by atoms with Gasteiger partial charge >= 0.3 is 0 Å². The van der Waals surface area contributed by atoms with Gasteiger partial charge in [-0.1, -0.05) is 30.3 Å². The molecule has 1 aromatic heterocycles. The molecule has 27 heavy (non-hydrogen) atoms. The highest BCUT2D eigenvalue weighted by Gasteiger charge is 2.13. The van der Waals surface area contributed by atoms with E-state index in [0.717, 1.165) is 22.4 Å². The lowest BCUT2D eigenvalue weighted by Gasteiger charge is -2.18. The first-order valence-corrected chi connectivity index (χ1v) is 8.82. The molecule has 0 radical (unpaired) electrons. The summed E-state index contributed by atoms with van der Waals surface area (Å²) in [5, 5.41) is 7.05. The molecule has 0 unspecified atom stereocenters. The van der Waals surface area contributed by atoms with Crippen molar-refractivity contribution in [3.63, 3.8) is 0 Å². The maximum absolute atomic E-state index is 12.2. The smallest absolute Gasteiger partial charge is 0.224 e. The molecule has 0 aliphatic carbocycles. The Balaban J connectivity index is 1.29. The second kappa shape index (κ2) is 7.90. The summed E-state index contributed by atoms with van der Waals surface area (Å²) in [6.07, 6.45) is 3.51. The van der Waals surface area contributed by atoms with Gasteiger partial charge in [0.2, 0.25) is 5.91 Å². The second-order valence-electron chi connectivity index (χ2n) is 6.34. The van der Waals surface area contributed by atoms with Crippen LogP contribution < -0.4 is 14.8 Å². The highest BCUT2D eigenvalue weighted by atomic mass is 16.6. The summed E-state index contributed by atoms with van der Waals surface area (Å²) in [7, 11) is 0. The second-order valence-corrected chi connectivity index (χ2v) is 6.34. The number of benzene rings is 2. The molecular formula is C20H20N4O3. The van der Waals surface area contributed by atoms with E-state index in [9.17, 15) is 4.79 Å². The number of fused-ring (bicyclic) bond motifs is 1. The fraction of sp³-hybridized carbons (Fsp3) is 0.250. The molecule has 2 aromatic carbocycles. The Morgan fingerprint density at radius 2 is 1.74 bits per heavy atom. The topological polar surface area (TPSA) is 78.3 Å². The molecule has 0 saturated heterocycles. The molecule has 1 aliphatic rings. The molecule has 7 nitrogen and oxygen atoms in total. The fourth-order valence-corrected chi connectivity index (χ4v) is 2.91. The first-order valence-electron chi connectivity index (χ1n) is 8.82. The minimum atomic E-state index is -0.0293. The normalized spacial score (nSPS) is 12.6. The number of hydrogen-bond donors (Lipinski definition) is 1. The summed E-state index contributed by atoms with van der Waals surface area (Å²) in [6, 6.07) is 13.7. The van der Waals surface area contributed by atoms with Crippen molar-refractivity contribution in [2.75, 3.05) is 13.2 Å². The monoisotopic (exact) mass is 364 g/mol. The average Bonchev–Trinajstić information content (AvgIpc) is 3.20. The van der Waals surface area contributed by atoms with Crippen LogP contribution in [-0.2, 0) is 24.3 Å². The molecule has 0 spiro atoms. The number of rotatable bonds is 6. The summed E-state index contributed by atoms with van der Waals surface area (Å²) in [6.45, 7) is 2.27. The van der Waals surface area contributed by atoms with Crippen molar-refractivity contribution >= 4 is 5.91 Å². The summed E-state index contributed by atoms with van der Waals surface area (Å²) < 4.78 is 12.8. The predicted octanol–water partition coefficient (Wildman–Crippen LogP) is 1.96. The van der Waals surface area contributed by atoms with Crippen molar-refractivity contribution in [1.82, 2.24) is 20.1 Å². The third kappa shape index (κ3) is 4.44. The Morgan fingerprint density at radius 3 is 2.52 bits per heavy atom.